The number of carbonyl (C=O) groups is 1. The molecule has 0 aromatic heterocycles. The number of hydrogen-bond donors (Lipinski definition) is 0. The molecule has 4 aliphatic rings. The van der Waals surface area contributed by atoms with Gasteiger partial charge in [-0.2, -0.15) is 0 Å². The lowest BCUT2D eigenvalue weighted by Crippen LogP contribution is -2.72. The molecule has 3 heterocycles. The second kappa shape index (κ2) is 5.10. The molecular formula is C21H26N2O2. The summed E-state index contributed by atoms with van der Waals surface area (Å²) >= 11 is 0. The van der Waals surface area contributed by atoms with Gasteiger partial charge in [0.2, 0.25) is 0 Å². The van der Waals surface area contributed by atoms with E-state index in [4.69, 9.17) is 4.74 Å². The molecule has 1 aromatic carbocycles. The molecule has 2 saturated heterocycles. The van der Waals surface area contributed by atoms with E-state index in [9.17, 15) is 4.79 Å². The number of anilines is 1. The van der Waals surface area contributed by atoms with Gasteiger partial charge in [-0.25, -0.2) is 0 Å². The Labute approximate surface area is 149 Å². The van der Waals surface area contributed by atoms with Crippen molar-refractivity contribution in [3.8, 4) is 0 Å². The minimum absolute atomic E-state index is 0.0201. The topological polar surface area (TPSA) is 32.8 Å². The fourth-order valence-corrected chi connectivity index (χ4v) is 6.67. The van der Waals surface area contributed by atoms with Crippen LogP contribution in [0.25, 0.3) is 0 Å². The monoisotopic (exact) mass is 338 g/mol. The summed E-state index contributed by atoms with van der Waals surface area (Å²) in [6, 6.07) is 9.63. The molecule has 132 valence electrons. The first-order valence-electron chi connectivity index (χ1n) is 9.42. The smallest absolute Gasteiger partial charge is 0.310 e. The molecule has 1 saturated carbocycles. The molecule has 4 nitrogen and oxygen atoms in total. The third-order valence-electron chi connectivity index (χ3n) is 7.52. The zero-order valence-electron chi connectivity index (χ0n) is 15.2. The molecule has 5 rings (SSSR count). The highest BCUT2D eigenvalue weighted by atomic mass is 16.5. The second-order valence-electron chi connectivity index (χ2n) is 8.11. The van der Waals surface area contributed by atoms with E-state index in [1.54, 1.807) is 7.11 Å². The Morgan fingerprint density at radius 1 is 1.36 bits per heavy atom. The predicted molar refractivity (Wildman–Crippen MR) is 97.7 cm³/mol. The van der Waals surface area contributed by atoms with Crippen molar-refractivity contribution in [2.75, 3.05) is 32.1 Å². The number of likely N-dealkylation sites (N-methyl/N-ethyl adjacent to an activating group) is 1. The number of fused-ring (bicyclic) bond motifs is 2. The molecule has 3 bridgehead atoms. The molecule has 4 heteroatoms. The summed E-state index contributed by atoms with van der Waals surface area (Å²) in [5, 5.41) is 0. The van der Waals surface area contributed by atoms with Crippen LogP contribution in [-0.4, -0.2) is 50.2 Å². The van der Waals surface area contributed by atoms with Crippen LogP contribution in [0.5, 0.6) is 0 Å². The van der Waals surface area contributed by atoms with E-state index in [1.807, 2.05) is 0 Å². The summed E-state index contributed by atoms with van der Waals surface area (Å²) in [5.41, 5.74) is 3.98. The molecule has 3 fully saturated rings. The van der Waals surface area contributed by atoms with Crippen LogP contribution in [-0.2, 0) is 14.9 Å². The van der Waals surface area contributed by atoms with Gasteiger partial charge in [-0.15, -0.1) is 0 Å². The summed E-state index contributed by atoms with van der Waals surface area (Å²) in [6.45, 7) is 4.20. The fraction of sp³-hybridized carbons (Fsp3) is 0.571. The maximum Gasteiger partial charge on any atom is 0.310 e. The maximum absolute atomic E-state index is 13.1. The number of nitrogens with zero attached hydrogens (tertiary/aromatic N) is 2. The van der Waals surface area contributed by atoms with E-state index in [2.05, 4.69) is 54.1 Å². The first-order chi connectivity index (χ1) is 12.1. The first-order valence-corrected chi connectivity index (χ1v) is 9.42. The molecule has 0 spiro atoms. The molecule has 0 unspecified atom stereocenters. The van der Waals surface area contributed by atoms with E-state index in [0.717, 1.165) is 25.9 Å². The Morgan fingerprint density at radius 2 is 2.16 bits per heavy atom. The number of piperidine rings is 2. The van der Waals surface area contributed by atoms with Crippen molar-refractivity contribution >= 4 is 11.7 Å². The lowest BCUT2D eigenvalue weighted by Gasteiger charge is -2.63. The minimum atomic E-state index is -0.114. The second-order valence-corrected chi connectivity index (χ2v) is 8.11. The van der Waals surface area contributed by atoms with Crippen LogP contribution in [0, 0.1) is 11.8 Å². The van der Waals surface area contributed by atoms with E-state index in [1.165, 1.54) is 16.8 Å². The predicted octanol–water partition coefficient (Wildman–Crippen LogP) is 2.59. The Kier molecular flexibility index (Phi) is 3.15. The Bertz CT molecular complexity index is 773. The molecule has 1 aliphatic carbocycles. The molecule has 0 amide bonds. The zero-order chi connectivity index (χ0) is 17.3. The Morgan fingerprint density at radius 3 is 2.92 bits per heavy atom. The van der Waals surface area contributed by atoms with Gasteiger partial charge in [0.15, 0.2) is 0 Å². The third-order valence-corrected chi connectivity index (χ3v) is 7.52. The van der Waals surface area contributed by atoms with Crippen molar-refractivity contribution < 1.29 is 9.53 Å². The van der Waals surface area contributed by atoms with Crippen molar-refractivity contribution in [1.29, 1.82) is 0 Å². The first kappa shape index (κ1) is 15.4. The van der Waals surface area contributed by atoms with Gasteiger partial charge < -0.3 is 9.64 Å². The summed E-state index contributed by atoms with van der Waals surface area (Å²) in [6.07, 6.45) is 4.36. The van der Waals surface area contributed by atoms with Crippen LogP contribution in [0.2, 0.25) is 0 Å². The molecule has 0 N–H and O–H groups in total. The van der Waals surface area contributed by atoms with E-state index in [-0.39, 0.29) is 17.3 Å². The average molecular weight is 338 g/mol. The van der Waals surface area contributed by atoms with Crippen LogP contribution in [0.3, 0.4) is 0 Å². The molecule has 25 heavy (non-hydrogen) atoms. The van der Waals surface area contributed by atoms with E-state index >= 15 is 0 Å². The van der Waals surface area contributed by atoms with Crippen molar-refractivity contribution in [2.45, 2.75) is 37.3 Å². The largest absolute Gasteiger partial charge is 0.469 e. The number of carbonyl (C=O) groups excluding carboxylic acids is 1. The summed E-state index contributed by atoms with van der Waals surface area (Å²) in [4.78, 5) is 18.2. The van der Waals surface area contributed by atoms with Gasteiger partial charge in [0.25, 0.3) is 0 Å². The highest BCUT2D eigenvalue weighted by molar-refractivity contribution is 5.80. The lowest BCUT2D eigenvalue weighted by atomic mass is 9.50. The van der Waals surface area contributed by atoms with Crippen LogP contribution < -0.4 is 4.90 Å². The van der Waals surface area contributed by atoms with Gasteiger partial charge in [-0.1, -0.05) is 29.8 Å². The van der Waals surface area contributed by atoms with Crippen molar-refractivity contribution in [1.82, 2.24) is 4.90 Å². The third kappa shape index (κ3) is 1.69. The van der Waals surface area contributed by atoms with Gasteiger partial charge in [0.05, 0.1) is 19.1 Å². The molecule has 1 aromatic rings. The normalized spacial score (nSPS) is 40.1. The maximum atomic E-state index is 13.1. The van der Waals surface area contributed by atoms with E-state index in [0.29, 0.717) is 18.0 Å². The van der Waals surface area contributed by atoms with Crippen molar-refractivity contribution in [2.24, 2.45) is 11.8 Å². The van der Waals surface area contributed by atoms with Gasteiger partial charge in [0, 0.05) is 30.7 Å². The summed E-state index contributed by atoms with van der Waals surface area (Å²) in [7, 11) is 3.77. The number of esters is 1. The van der Waals surface area contributed by atoms with Crippen molar-refractivity contribution in [3.63, 3.8) is 0 Å². The Hall–Kier alpha value is -1.81. The standard InChI is InChI=1S/C21H26N2O2/c1-4-13-12-23-10-9-21-15-7-5-6-8-16(15)22(2)19(21)17(23)11-14(13)18(21)20(24)25-3/h4-8,14,17-19H,9-12H2,1-3H3/b13-4-/t14-,17-,18-,19-,21-/m0/s1. The van der Waals surface area contributed by atoms with Crippen molar-refractivity contribution in [3.05, 3.63) is 41.5 Å². The molecular weight excluding hydrogens is 312 g/mol. The number of ether oxygens (including phenoxy) is 1. The molecule has 3 aliphatic heterocycles. The number of hydrogen-bond acceptors (Lipinski definition) is 4. The average Bonchev–Trinajstić information content (AvgIpc) is 2.91. The molecule has 0 radical (unpaired) electrons. The lowest BCUT2D eigenvalue weighted by molar-refractivity contribution is -0.158. The number of benzene rings is 1. The fourth-order valence-electron chi connectivity index (χ4n) is 6.67. The van der Waals surface area contributed by atoms with Gasteiger partial charge >= 0.3 is 5.97 Å². The molecule has 5 atom stereocenters. The number of allylic oxidation sites excluding steroid dienone is 1. The highest BCUT2D eigenvalue weighted by Crippen LogP contribution is 2.63. The van der Waals surface area contributed by atoms with E-state index < -0.39 is 0 Å². The quantitative estimate of drug-likeness (QED) is 0.582. The summed E-state index contributed by atoms with van der Waals surface area (Å²) in [5.74, 6) is 0.224. The zero-order valence-corrected chi connectivity index (χ0v) is 15.2. The van der Waals surface area contributed by atoms with Crippen LogP contribution in [0.1, 0.15) is 25.3 Å². The SMILES string of the molecule is C/C=C1/CN2CC[C@@]34c5ccccc5N(C)[C@H]3[C@@H]2C[C@@H]1[C@H]4C(=O)OC. The number of methoxy groups -OCH3 is 1. The summed E-state index contributed by atoms with van der Waals surface area (Å²) < 4.78 is 5.38. The van der Waals surface area contributed by atoms with Gasteiger partial charge in [0.1, 0.15) is 0 Å². The minimum Gasteiger partial charge on any atom is -0.469 e. The van der Waals surface area contributed by atoms with Gasteiger partial charge in [-0.3, -0.25) is 9.69 Å². The van der Waals surface area contributed by atoms with Crippen LogP contribution in [0.15, 0.2) is 35.9 Å². The van der Waals surface area contributed by atoms with Crippen LogP contribution >= 0.6 is 0 Å². The highest BCUT2D eigenvalue weighted by Gasteiger charge is 2.68. The Balaban J connectivity index is 1.78. The van der Waals surface area contributed by atoms with Crippen LogP contribution in [0.4, 0.5) is 5.69 Å². The van der Waals surface area contributed by atoms with Gasteiger partial charge in [-0.05, 0) is 43.9 Å². The number of para-hydroxylation sites is 1. The number of rotatable bonds is 1.